The van der Waals surface area contributed by atoms with Crippen molar-refractivity contribution in [2.24, 2.45) is 0 Å². The Bertz CT molecular complexity index is 544. The van der Waals surface area contributed by atoms with E-state index < -0.39 is 4.92 Å². The molecule has 21 heavy (non-hydrogen) atoms. The number of amides is 1. The van der Waals surface area contributed by atoms with Crippen molar-refractivity contribution in [1.82, 2.24) is 10.2 Å². The van der Waals surface area contributed by atoms with Crippen molar-refractivity contribution in [2.75, 3.05) is 20.1 Å². The quantitative estimate of drug-likeness (QED) is 0.665. The van der Waals surface area contributed by atoms with Gasteiger partial charge in [-0.2, -0.15) is 0 Å². The molecule has 1 aromatic carbocycles. The van der Waals surface area contributed by atoms with Gasteiger partial charge in [0.2, 0.25) is 0 Å². The average molecular weight is 356 g/mol. The molecule has 0 radical (unpaired) electrons. The summed E-state index contributed by atoms with van der Waals surface area (Å²) in [6, 6.07) is 4.62. The number of non-ortho nitro benzene ring substituents is 1. The number of carbonyl (C=O) groups excluding carboxylic acids is 1. The molecule has 1 N–H and O–H groups in total. The maximum Gasteiger partial charge on any atom is 0.271 e. The van der Waals surface area contributed by atoms with Crippen LogP contribution in [0.2, 0.25) is 0 Å². The zero-order chi connectivity index (χ0) is 15.4. The lowest BCUT2D eigenvalue weighted by Crippen LogP contribution is -2.44. The second-order valence-electron chi connectivity index (χ2n) is 5.29. The molecule has 1 amide bonds. The van der Waals surface area contributed by atoms with Crippen LogP contribution in [-0.4, -0.2) is 41.9 Å². The number of likely N-dealkylation sites (N-methyl/N-ethyl adjacent to an activating group) is 1. The first-order chi connectivity index (χ1) is 9.97. The number of nitro benzene ring substituents is 1. The van der Waals surface area contributed by atoms with Crippen molar-refractivity contribution in [2.45, 2.75) is 25.3 Å². The van der Waals surface area contributed by atoms with Crippen LogP contribution in [0.3, 0.4) is 0 Å². The Morgan fingerprint density at radius 1 is 1.48 bits per heavy atom. The molecular weight excluding hydrogens is 338 g/mol. The van der Waals surface area contributed by atoms with E-state index >= 15 is 0 Å². The highest BCUT2D eigenvalue weighted by molar-refractivity contribution is 9.10. The number of nitrogens with one attached hydrogen (secondary N) is 1. The average Bonchev–Trinajstić information content (AvgIpc) is 2.46. The summed E-state index contributed by atoms with van der Waals surface area (Å²) in [6.45, 7) is 1.59. The van der Waals surface area contributed by atoms with Crippen LogP contribution >= 0.6 is 15.9 Å². The highest BCUT2D eigenvalue weighted by Crippen LogP contribution is 2.22. The number of benzene rings is 1. The highest BCUT2D eigenvalue weighted by Gasteiger charge is 2.20. The molecule has 1 aliphatic rings. The summed E-state index contributed by atoms with van der Waals surface area (Å²) in [6.07, 6.45) is 3.39. The molecule has 0 aromatic heterocycles. The lowest BCUT2D eigenvalue weighted by molar-refractivity contribution is -0.385. The van der Waals surface area contributed by atoms with E-state index in [-0.39, 0.29) is 11.6 Å². The maximum atomic E-state index is 12.4. The van der Waals surface area contributed by atoms with E-state index in [0.29, 0.717) is 22.6 Å². The first kappa shape index (κ1) is 15.9. The van der Waals surface area contributed by atoms with Gasteiger partial charge in [-0.25, -0.2) is 0 Å². The minimum atomic E-state index is -0.496. The highest BCUT2D eigenvalue weighted by atomic mass is 79.9. The van der Waals surface area contributed by atoms with Gasteiger partial charge >= 0.3 is 0 Å². The minimum absolute atomic E-state index is 0.0862. The third-order valence-corrected chi connectivity index (χ3v) is 4.05. The predicted molar refractivity (Wildman–Crippen MR) is 83.4 cm³/mol. The zero-order valence-electron chi connectivity index (χ0n) is 11.8. The van der Waals surface area contributed by atoms with Gasteiger partial charge in [0.15, 0.2) is 0 Å². The lowest BCUT2D eigenvalue weighted by Gasteiger charge is -2.28. The molecule has 0 aliphatic carbocycles. The summed E-state index contributed by atoms with van der Waals surface area (Å²) in [7, 11) is 1.73. The van der Waals surface area contributed by atoms with E-state index in [9.17, 15) is 14.9 Å². The van der Waals surface area contributed by atoms with Crippen LogP contribution in [0.1, 0.15) is 29.6 Å². The number of piperidine rings is 1. The van der Waals surface area contributed by atoms with Gasteiger partial charge in [-0.3, -0.25) is 14.9 Å². The molecule has 1 fully saturated rings. The Kier molecular flexibility index (Phi) is 5.30. The van der Waals surface area contributed by atoms with E-state index in [0.717, 1.165) is 13.0 Å². The standard InChI is InChI=1S/C14H18BrN3O3/c1-17(9-12-4-2-3-5-16-12)14(19)10-6-11(15)8-13(7-10)18(20)21/h6-8,12,16H,2-5,9H2,1H3. The maximum absolute atomic E-state index is 12.4. The van der Waals surface area contributed by atoms with Crippen LogP contribution in [-0.2, 0) is 0 Å². The number of hydrogen-bond acceptors (Lipinski definition) is 4. The van der Waals surface area contributed by atoms with Crippen molar-refractivity contribution >= 4 is 27.5 Å². The molecule has 1 heterocycles. The number of nitro groups is 1. The van der Waals surface area contributed by atoms with E-state index in [1.54, 1.807) is 18.0 Å². The fourth-order valence-electron chi connectivity index (χ4n) is 2.52. The largest absolute Gasteiger partial charge is 0.340 e. The van der Waals surface area contributed by atoms with Crippen LogP contribution in [0.4, 0.5) is 5.69 Å². The monoisotopic (exact) mass is 355 g/mol. The first-order valence-electron chi connectivity index (χ1n) is 6.91. The second kappa shape index (κ2) is 7.00. The van der Waals surface area contributed by atoms with E-state index in [1.807, 2.05) is 0 Å². The molecule has 7 heteroatoms. The molecule has 1 atom stereocenters. The number of nitrogens with zero attached hydrogens (tertiary/aromatic N) is 2. The molecule has 1 aliphatic heterocycles. The van der Waals surface area contributed by atoms with Crippen molar-refractivity contribution in [3.63, 3.8) is 0 Å². The topological polar surface area (TPSA) is 75.5 Å². The summed E-state index contributed by atoms with van der Waals surface area (Å²) >= 11 is 3.21. The Morgan fingerprint density at radius 3 is 2.86 bits per heavy atom. The van der Waals surface area contributed by atoms with Gasteiger partial charge < -0.3 is 10.2 Å². The Hall–Kier alpha value is -1.47. The van der Waals surface area contributed by atoms with Crippen LogP contribution in [0.25, 0.3) is 0 Å². The fourth-order valence-corrected chi connectivity index (χ4v) is 3.00. The van der Waals surface area contributed by atoms with Gasteiger partial charge in [0.1, 0.15) is 0 Å². The SMILES string of the molecule is CN(CC1CCCCN1)C(=O)c1cc(Br)cc([N+](=O)[O-])c1. The fraction of sp³-hybridized carbons (Fsp3) is 0.500. The zero-order valence-corrected chi connectivity index (χ0v) is 13.4. The van der Waals surface area contributed by atoms with Crippen molar-refractivity contribution in [3.8, 4) is 0 Å². The van der Waals surface area contributed by atoms with Crippen LogP contribution in [0, 0.1) is 10.1 Å². The predicted octanol–water partition coefficient (Wildman–Crippen LogP) is 2.57. The molecule has 0 bridgehead atoms. The number of halogens is 1. The van der Waals surface area contributed by atoms with Crippen LogP contribution in [0.5, 0.6) is 0 Å². The summed E-state index contributed by atoms with van der Waals surface area (Å²) in [5, 5.41) is 14.3. The normalized spacial score (nSPS) is 18.3. The molecule has 2 rings (SSSR count). The third kappa shape index (κ3) is 4.25. The third-order valence-electron chi connectivity index (χ3n) is 3.59. The molecule has 1 unspecified atom stereocenters. The number of hydrogen-bond donors (Lipinski definition) is 1. The van der Waals surface area contributed by atoms with Gasteiger partial charge in [0, 0.05) is 41.8 Å². The molecule has 114 valence electrons. The lowest BCUT2D eigenvalue weighted by atomic mass is 10.0. The summed E-state index contributed by atoms with van der Waals surface area (Å²) in [5.41, 5.74) is 0.242. The van der Waals surface area contributed by atoms with E-state index in [2.05, 4.69) is 21.2 Å². The first-order valence-corrected chi connectivity index (χ1v) is 7.70. The smallest absolute Gasteiger partial charge is 0.271 e. The van der Waals surface area contributed by atoms with Crippen molar-refractivity contribution in [3.05, 3.63) is 38.3 Å². The molecule has 0 spiro atoms. The Balaban J connectivity index is 2.09. The molecule has 1 saturated heterocycles. The van der Waals surface area contributed by atoms with Crippen LogP contribution < -0.4 is 5.32 Å². The van der Waals surface area contributed by atoms with Gasteiger partial charge in [0.25, 0.3) is 11.6 Å². The van der Waals surface area contributed by atoms with E-state index in [4.69, 9.17) is 0 Å². The Labute approximate surface area is 131 Å². The van der Waals surface area contributed by atoms with Gasteiger partial charge in [-0.1, -0.05) is 22.4 Å². The summed E-state index contributed by atoms with van der Waals surface area (Å²) in [5.74, 6) is -0.202. The van der Waals surface area contributed by atoms with E-state index in [1.165, 1.54) is 25.0 Å². The van der Waals surface area contributed by atoms with Crippen LogP contribution in [0.15, 0.2) is 22.7 Å². The molecule has 6 nitrogen and oxygen atoms in total. The Morgan fingerprint density at radius 2 is 2.24 bits per heavy atom. The number of carbonyl (C=O) groups is 1. The summed E-state index contributed by atoms with van der Waals surface area (Å²) < 4.78 is 0.532. The molecule has 1 aromatic rings. The molecule has 0 saturated carbocycles. The second-order valence-corrected chi connectivity index (χ2v) is 6.20. The number of rotatable bonds is 4. The minimum Gasteiger partial charge on any atom is -0.340 e. The molecular formula is C14H18BrN3O3. The van der Waals surface area contributed by atoms with Gasteiger partial charge in [-0.15, -0.1) is 0 Å². The van der Waals surface area contributed by atoms with Gasteiger partial charge in [-0.05, 0) is 25.5 Å². The van der Waals surface area contributed by atoms with Crippen molar-refractivity contribution < 1.29 is 9.72 Å². The van der Waals surface area contributed by atoms with Crippen molar-refractivity contribution in [1.29, 1.82) is 0 Å². The summed E-state index contributed by atoms with van der Waals surface area (Å²) in [4.78, 5) is 24.4. The van der Waals surface area contributed by atoms with Gasteiger partial charge in [0.05, 0.1) is 4.92 Å².